The second-order valence-electron chi connectivity index (χ2n) is 4.08. The lowest BCUT2D eigenvalue weighted by Crippen LogP contribution is -2.36. The van der Waals surface area contributed by atoms with Crippen molar-refractivity contribution in [3.05, 3.63) is 11.9 Å². The second-order valence-corrected chi connectivity index (χ2v) is 4.08. The Hall–Kier alpha value is -1.40. The Morgan fingerprint density at radius 1 is 1.61 bits per heavy atom. The molecule has 0 radical (unpaired) electrons. The molecular weight excluding hydrogens is 236 g/mol. The third-order valence-corrected chi connectivity index (χ3v) is 2.80. The first-order valence-corrected chi connectivity index (χ1v) is 6.11. The van der Waals surface area contributed by atoms with Crippen molar-refractivity contribution in [1.82, 2.24) is 9.78 Å². The maximum Gasteiger partial charge on any atom is 0.215 e. The van der Waals surface area contributed by atoms with E-state index in [0.29, 0.717) is 37.8 Å². The number of rotatable bonds is 5. The molecule has 6 nitrogen and oxygen atoms in total. The van der Waals surface area contributed by atoms with Gasteiger partial charge in [-0.15, -0.1) is 0 Å². The van der Waals surface area contributed by atoms with Crippen LogP contribution in [0.1, 0.15) is 23.8 Å². The first-order chi connectivity index (χ1) is 8.77. The van der Waals surface area contributed by atoms with Crippen molar-refractivity contribution in [2.45, 2.75) is 26.0 Å². The Morgan fingerprint density at radius 3 is 3.06 bits per heavy atom. The number of carbonyl (C=O) groups excluding carboxylic acids is 1. The molecule has 6 heteroatoms. The van der Waals surface area contributed by atoms with Crippen molar-refractivity contribution in [3.8, 4) is 5.75 Å². The fourth-order valence-corrected chi connectivity index (χ4v) is 1.94. The normalized spacial score (nSPS) is 19.8. The minimum absolute atomic E-state index is 0.127. The summed E-state index contributed by atoms with van der Waals surface area (Å²) in [4.78, 5) is 12.4. The van der Waals surface area contributed by atoms with Crippen LogP contribution in [-0.2, 0) is 16.0 Å². The molecule has 1 saturated heterocycles. The molecule has 0 aliphatic carbocycles. The molecule has 1 atom stereocenters. The summed E-state index contributed by atoms with van der Waals surface area (Å²) >= 11 is 0. The van der Waals surface area contributed by atoms with Crippen LogP contribution >= 0.6 is 0 Å². The summed E-state index contributed by atoms with van der Waals surface area (Å²) in [5.41, 5.74) is 0.467. The van der Waals surface area contributed by atoms with Gasteiger partial charge in [-0.25, -0.2) is 0 Å². The summed E-state index contributed by atoms with van der Waals surface area (Å²) in [6.07, 6.45) is 1.90. The Bertz CT molecular complexity index is 410. The zero-order valence-corrected chi connectivity index (χ0v) is 10.7. The van der Waals surface area contributed by atoms with Gasteiger partial charge in [0.1, 0.15) is 11.8 Å². The third-order valence-electron chi connectivity index (χ3n) is 2.80. The van der Waals surface area contributed by atoms with E-state index in [1.165, 1.54) is 7.11 Å². The summed E-state index contributed by atoms with van der Waals surface area (Å²) in [6.45, 7) is 3.98. The SMILES string of the molecule is CCCn1ncc(OC)c1C(=O)C1COCCO1. The molecule has 1 aromatic heterocycles. The molecular formula is C12H18N2O4. The fourth-order valence-electron chi connectivity index (χ4n) is 1.94. The Morgan fingerprint density at radius 2 is 2.44 bits per heavy atom. The highest BCUT2D eigenvalue weighted by Crippen LogP contribution is 2.21. The average Bonchev–Trinajstić information content (AvgIpc) is 2.82. The predicted molar refractivity (Wildman–Crippen MR) is 64.0 cm³/mol. The molecule has 1 fully saturated rings. The third kappa shape index (κ3) is 2.54. The van der Waals surface area contributed by atoms with Crippen molar-refractivity contribution < 1.29 is 19.0 Å². The Balaban J connectivity index is 2.23. The molecule has 1 aromatic rings. The van der Waals surface area contributed by atoms with Crippen LogP contribution in [0, 0.1) is 0 Å². The van der Waals surface area contributed by atoms with Gasteiger partial charge < -0.3 is 14.2 Å². The first-order valence-electron chi connectivity index (χ1n) is 6.11. The molecule has 0 saturated carbocycles. The van der Waals surface area contributed by atoms with Crippen LogP contribution < -0.4 is 4.74 Å². The largest absolute Gasteiger partial charge is 0.493 e. The van der Waals surface area contributed by atoms with Gasteiger partial charge in [0.05, 0.1) is 33.1 Å². The minimum Gasteiger partial charge on any atom is -0.493 e. The van der Waals surface area contributed by atoms with Crippen molar-refractivity contribution >= 4 is 5.78 Å². The molecule has 0 amide bonds. The maximum atomic E-state index is 12.4. The highest BCUT2D eigenvalue weighted by Gasteiger charge is 2.29. The van der Waals surface area contributed by atoms with E-state index in [4.69, 9.17) is 14.2 Å². The van der Waals surface area contributed by atoms with E-state index in [1.807, 2.05) is 6.92 Å². The van der Waals surface area contributed by atoms with E-state index in [2.05, 4.69) is 5.10 Å². The van der Waals surface area contributed by atoms with E-state index in [9.17, 15) is 4.79 Å². The minimum atomic E-state index is -0.556. The summed E-state index contributed by atoms with van der Waals surface area (Å²) in [6, 6.07) is 0. The number of ether oxygens (including phenoxy) is 3. The van der Waals surface area contributed by atoms with Gasteiger partial charge in [0.2, 0.25) is 5.78 Å². The molecule has 2 heterocycles. The van der Waals surface area contributed by atoms with Crippen LogP contribution in [0.3, 0.4) is 0 Å². The maximum absolute atomic E-state index is 12.4. The molecule has 1 aliphatic heterocycles. The number of hydrogen-bond acceptors (Lipinski definition) is 5. The number of aryl methyl sites for hydroxylation is 1. The molecule has 0 aromatic carbocycles. The van der Waals surface area contributed by atoms with E-state index in [0.717, 1.165) is 6.42 Å². The molecule has 1 aliphatic rings. The van der Waals surface area contributed by atoms with Gasteiger partial charge in [0.15, 0.2) is 5.75 Å². The van der Waals surface area contributed by atoms with Crippen LogP contribution in [-0.4, -0.2) is 48.6 Å². The van der Waals surface area contributed by atoms with Gasteiger partial charge >= 0.3 is 0 Å². The van der Waals surface area contributed by atoms with E-state index in [-0.39, 0.29) is 5.78 Å². The number of Topliss-reactive ketones (excluding diaryl/α,β-unsaturated/α-hetero) is 1. The molecule has 18 heavy (non-hydrogen) atoms. The van der Waals surface area contributed by atoms with Crippen LogP contribution in [0.4, 0.5) is 0 Å². The fraction of sp³-hybridized carbons (Fsp3) is 0.667. The van der Waals surface area contributed by atoms with Crippen molar-refractivity contribution in [2.24, 2.45) is 0 Å². The quantitative estimate of drug-likeness (QED) is 0.730. The molecule has 1 unspecified atom stereocenters. The van der Waals surface area contributed by atoms with Crippen LogP contribution in [0.25, 0.3) is 0 Å². The van der Waals surface area contributed by atoms with Gasteiger partial charge in [-0.2, -0.15) is 5.10 Å². The second kappa shape index (κ2) is 5.97. The van der Waals surface area contributed by atoms with Crippen molar-refractivity contribution in [1.29, 1.82) is 0 Å². The summed E-state index contributed by atoms with van der Waals surface area (Å²) in [5, 5.41) is 4.17. The van der Waals surface area contributed by atoms with Crippen LogP contribution in [0.15, 0.2) is 6.20 Å². The van der Waals surface area contributed by atoms with Crippen molar-refractivity contribution in [3.63, 3.8) is 0 Å². The number of hydrogen-bond donors (Lipinski definition) is 0. The summed E-state index contributed by atoms with van der Waals surface area (Å²) < 4.78 is 17.5. The number of ketones is 1. The Kier molecular flexibility index (Phi) is 4.33. The summed E-state index contributed by atoms with van der Waals surface area (Å²) in [7, 11) is 1.53. The first kappa shape index (κ1) is 13.0. The number of nitrogens with zero attached hydrogens (tertiary/aromatic N) is 2. The van der Waals surface area contributed by atoms with Crippen LogP contribution in [0.2, 0.25) is 0 Å². The smallest absolute Gasteiger partial charge is 0.215 e. The number of aromatic nitrogens is 2. The van der Waals surface area contributed by atoms with Crippen LogP contribution in [0.5, 0.6) is 5.75 Å². The van der Waals surface area contributed by atoms with Gasteiger partial charge in [-0.05, 0) is 6.42 Å². The molecule has 0 bridgehead atoms. The van der Waals surface area contributed by atoms with Gasteiger partial charge in [0.25, 0.3) is 0 Å². The van der Waals surface area contributed by atoms with Gasteiger partial charge in [-0.1, -0.05) is 6.92 Å². The zero-order chi connectivity index (χ0) is 13.0. The average molecular weight is 254 g/mol. The lowest BCUT2D eigenvalue weighted by Gasteiger charge is -2.22. The molecule has 0 N–H and O–H groups in total. The standard InChI is InChI=1S/C12H18N2O4/c1-3-4-14-11(9(16-2)7-13-14)12(15)10-8-17-5-6-18-10/h7,10H,3-6,8H2,1-2H3. The lowest BCUT2D eigenvalue weighted by atomic mass is 10.1. The van der Waals surface area contributed by atoms with E-state index < -0.39 is 6.10 Å². The highest BCUT2D eigenvalue weighted by atomic mass is 16.6. The highest BCUT2D eigenvalue weighted by molar-refractivity contribution is 6.00. The molecule has 0 spiro atoms. The van der Waals surface area contributed by atoms with E-state index >= 15 is 0 Å². The predicted octanol–water partition coefficient (Wildman–Crippen LogP) is 0.900. The topological polar surface area (TPSA) is 62.6 Å². The monoisotopic (exact) mass is 254 g/mol. The molecule has 2 rings (SSSR count). The molecule has 100 valence electrons. The zero-order valence-electron chi connectivity index (χ0n) is 10.7. The summed E-state index contributed by atoms with van der Waals surface area (Å²) in [5.74, 6) is 0.361. The number of methoxy groups -OCH3 is 1. The van der Waals surface area contributed by atoms with Gasteiger partial charge in [0, 0.05) is 6.54 Å². The number of carbonyl (C=O) groups is 1. The lowest BCUT2D eigenvalue weighted by molar-refractivity contribution is -0.0722. The Labute approximate surface area is 106 Å². The van der Waals surface area contributed by atoms with Gasteiger partial charge in [-0.3, -0.25) is 9.48 Å². The van der Waals surface area contributed by atoms with E-state index in [1.54, 1.807) is 10.9 Å². The van der Waals surface area contributed by atoms with Crippen molar-refractivity contribution in [2.75, 3.05) is 26.9 Å².